The molecule has 2 heteroatoms. The fraction of sp³-hybridized carbons (Fsp3) is 0.462. The second-order valence-electron chi connectivity index (χ2n) is 4.55. The van der Waals surface area contributed by atoms with Gasteiger partial charge in [-0.05, 0) is 54.9 Å². The lowest BCUT2D eigenvalue weighted by atomic mass is 9.92. The van der Waals surface area contributed by atoms with Crippen molar-refractivity contribution < 1.29 is 0 Å². The van der Waals surface area contributed by atoms with Gasteiger partial charge >= 0.3 is 0 Å². The topological polar surface area (TPSA) is 28.7 Å². The lowest BCUT2D eigenvalue weighted by molar-refractivity contribution is 0.654. The highest BCUT2D eigenvalue weighted by Crippen LogP contribution is 2.40. The molecule has 1 aromatic carbocycles. The van der Waals surface area contributed by atoms with E-state index in [0.29, 0.717) is 0 Å². The lowest BCUT2D eigenvalue weighted by Gasteiger charge is -2.12. The quantitative estimate of drug-likeness (QED) is 0.751. The van der Waals surface area contributed by atoms with E-state index in [-0.39, 0.29) is 0 Å². The van der Waals surface area contributed by atoms with E-state index in [2.05, 4.69) is 30.1 Å². The molecule has 0 radical (unpaired) electrons. The summed E-state index contributed by atoms with van der Waals surface area (Å²) in [7, 11) is 0. The zero-order valence-corrected chi connectivity index (χ0v) is 9.30. The molecule has 1 aliphatic rings. The second-order valence-corrected chi connectivity index (χ2v) is 4.55. The summed E-state index contributed by atoms with van der Waals surface area (Å²) in [5.41, 5.74) is 5.78. The number of hydrogen-bond acceptors (Lipinski definition) is 1. The van der Waals surface area contributed by atoms with Crippen LogP contribution in [0.4, 0.5) is 0 Å². The van der Waals surface area contributed by atoms with E-state index in [9.17, 15) is 0 Å². The third-order valence-electron chi connectivity index (χ3n) is 3.80. The SMILES string of the molecule is CCC1CCc2cc3[nH]ncc3c(C)c21. The van der Waals surface area contributed by atoms with Gasteiger partial charge in [-0.25, -0.2) is 0 Å². The third-order valence-corrected chi connectivity index (χ3v) is 3.80. The van der Waals surface area contributed by atoms with Gasteiger partial charge in [0, 0.05) is 5.39 Å². The molecule has 15 heavy (non-hydrogen) atoms. The first-order valence-electron chi connectivity index (χ1n) is 5.76. The molecule has 2 nitrogen and oxygen atoms in total. The summed E-state index contributed by atoms with van der Waals surface area (Å²) in [6.07, 6.45) is 5.78. The van der Waals surface area contributed by atoms with Gasteiger partial charge in [0.15, 0.2) is 0 Å². The summed E-state index contributed by atoms with van der Waals surface area (Å²) in [6.45, 7) is 4.53. The van der Waals surface area contributed by atoms with Crippen molar-refractivity contribution >= 4 is 10.9 Å². The van der Waals surface area contributed by atoms with Crippen molar-refractivity contribution in [2.45, 2.75) is 39.0 Å². The van der Waals surface area contributed by atoms with Crippen LogP contribution in [0.1, 0.15) is 42.4 Å². The van der Waals surface area contributed by atoms with Gasteiger partial charge in [-0.1, -0.05) is 6.92 Å². The largest absolute Gasteiger partial charge is 0.278 e. The van der Waals surface area contributed by atoms with Crippen molar-refractivity contribution in [3.05, 3.63) is 29.0 Å². The number of H-pyrrole nitrogens is 1. The van der Waals surface area contributed by atoms with E-state index >= 15 is 0 Å². The molecule has 1 N–H and O–H groups in total. The molecule has 3 rings (SSSR count). The molecule has 0 bridgehead atoms. The Kier molecular flexibility index (Phi) is 1.84. The molecule has 2 aromatic rings. The first-order chi connectivity index (χ1) is 7.31. The average Bonchev–Trinajstić information content (AvgIpc) is 2.83. The van der Waals surface area contributed by atoms with Crippen LogP contribution >= 0.6 is 0 Å². The highest BCUT2D eigenvalue weighted by Gasteiger charge is 2.24. The van der Waals surface area contributed by atoms with E-state index in [0.717, 1.165) is 5.92 Å². The van der Waals surface area contributed by atoms with E-state index < -0.39 is 0 Å². The second kappa shape index (κ2) is 3.09. The van der Waals surface area contributed by atoms with Gasteiger partial charge in [0.2, 0.25) is 0 Å². The Morgan fingerprint density at radius 3 is 3.20 bits per heavy atom. The van der Waals surface area contributed by atoms with E-state index in [4.69, 9.17) is 0 Å². The predicted molar refractivity (Wildman–Crippen MR) is 62.2 cm³/mol. The fourth-order valence-corrected chi connectivity index (χ4v) is 3.00. The number of hydrogen-bond donors (Lipinski definition) is 1. The summed E-state index contributed by atoms with van der Waals surface area (Å²) < 4.78 is 0. The molecular weight excluding hydrogens is 184 g/mol. The Balaban J connectivity index is 2.32. The highest BCUT2D eigenvalue weighted by atomic mass is 15.1. The van der Waals surface area contributed by atoms with Gasteiger partial charge in [0.05, 0.1) is 11.7 Å². The van der Waals surface area contributed by atoms with Crippen LogP contribution in [-0.2, 0) is 6.42 Å². The summed E-state index contributed by atoms with van der Waals surface area (Å²) in [4.78, 5) is 0. The highest BCUT2D eigenvalue weighted by molar-refractivity contribution is 5.84. The molecule has 0 saturated carbocycles. The first-order valence-corrected chi connectivity index (χ1v) is 5.76. The number of benzene rings is 1. The van der Waals surface area contributed by atoms with Crippen LogP contribution in [0.25, 0.3) is 10.9 Å². The van der Waals surface area contributed by atoms with Crippen LogP contribution in [0.2, 0.25) is 0 Å². The molecule has 1 unspecified atom stereocenters. The van der Waals surface area contributed by atoms with E-state index in [1.54, 1.807) is 5.56 Å². The molecule has 1 aromatic heterocycles. The Bertz CT molecular complexity index is 510. The Morgan fingerprint density at radius 1 is 1.53 bits per heavy atom. The molecule has 1 aliphatic carbocycles. The van der Waals surface area contributed by atoms with Crippen LogP contribution in [0, 0.1) is 6.92 Å². The van der Waals surface area contributed by atoms with E-state index in [1.807, 2.05) is 6.20 Å². The minimum absolute atomic E-state index is 0.777. The Morgan fingerprint density at radius 2 is 2.40 bits per heavy atom. The van der Waals surface area contributed by atoms with Crippen molar-refractivity contribution in [1.82, 2.24) is 10.2 Å². The number of nitrogens with one attached hydrogen (secondary N) is 1. The molecule has 0 aliphatic heterocycles. The standard InChI is InChI=1S/C13H16N2/c1-3-9-4-5-10-6-12-11(7-14-15-12)8(2)13(9)10/h6-7,9H,3-5H2,1-2H3,(H,14,15). The van der Waals surface area contributed by atoms with Gasteiger partial charge in [-0.3, -0.25) is 5.10 Å². The number of rotatable bonds is 1. The van der Waals surface area contributed by atoms with Crippen molar-refractivity contribution in [3.8, 4) is 0 Å². The molecule has 1 heterocycles. The third kappa shape index (κ3) is 1.14. The molecule has 0 amide bonds. The normalized spacial score (nSPS) is 19.7. The zero-order chi connectivity index (χ0) is 10.4. The van der Waals surface area contributed by atoms with Crippen molar-refractivity contribution in [3.63, 3.8) is 0 Å². The van der Waals surface area contributed by atoms with Gasteiger partial charge < -0.3 is 0 Å². The smallest absolute Gasteiger partial charge is 0.0655 e. The van der Waals surface area contributed by atoms with Crippen LogP contribution < -0.4 is 0 Å². The summed E-state index contributed by atoms with van der Waals surface area (Å²) in [5, 5.41) is 8.50. The molecule has 0 saturated heterocycles. The number of aromatic nitrogens is 2. The molecule has 0 spiro atoms. The first kappa shape index (κ1) is 8.96. The van der Waals surface area contributed by atoms with Crippen LogP contribution in [0.5, 0.6) is 0 Å². The summed E-state index contributed by atoms with van der Waals surface area (Å²) in [5.74, 6) is 0.777. The number of nitrogens with zero attached hydrogens (tertiary/aromatic N) is 1. The predicted octanol–water partition coefficient (Wildman–Crippen LogP) is 3.31. The minimum atomic E-state index is 0.777. The number of aryl methyl sites for hydroxylation is 2. The summed E-state index contributed by atoms with van der Waals surface area (Å²) >= 11 is 0. The maximum Gasteiger partial charge on any atom is 0.0655 e. The van der Waals surface area contributed by atoms with Gasteiger partial charge in [0.25, 0.3) is 0 Å². The van der Waals surface area contributed by atoms with Gasteiger partial charge in [0.1, 0.15) is 0 Å². The lowest BCUT2D eigenvalue weighted by Crippen LogP contribution is -1.95. The molecule has 78 valence electrons. The number of aromatic amines is 1. The fourth-order valence-electron chi connectivity index (χ4n) is 3.00. The van der Waals surface area contributed by atoms with Crippen LogP contribution in [0.15, 0.2) is 12.3 Å². The van der Waals surface area contributed by atoms with Gasteiger partial charge in [-0.15, -0.1) is 0 Å². The molecule has 1 atom stereocenters. The Labute approximate surface area is 89.7 Å². The van der Waals surface area contributed by atoms with Crippen LogP contribution in [-0.4, -0.2) is 10.2 Å². The maximum absolute atomic E-state index is 4.13. The van der Waals surface area contributed by atoms with E-state index in [1.165, 1.54) is 41.3 Å². The zero-order valence-electron chi connectivity index (χ0n) is 9.30. The molecule has 0 fully saturated rings. The minimum Gasteiger partial charge on any atom is -0.278 e. The monoisotopic (exact) mass is 200 g/mol. The molecular formula is C13H16N2. The van der Waals surface area contributed by atoms with Crippen molar-refractivity contribution in [2.75, 3.05) is 0 Å². The van der Waals surface area contributed by atoms with Gasteiger partial charge in [-0.2, -0.15) is 5.10 Å². The average molecular weight is 200 g/mol. The Hall–Kier alpha value is -1.31. The van der Waals surface area contributed by atoms with Crippen molar-refractivity contribution in [2.24, 2.45) is 0 Å². The van der Waals surface area contributed by atoms with Crippen molar-refractivity contribution in [1.29, 1.82) is 0 Å². The summed E-state index contributed by atoms with van der Waals surface area (Å²) in [6, 6.07) is 2.29. The van der Waals surface area contributed by atoms with Crippen LogP contribution in [0.3, 0.4) is 0 Å². The maximum atomic E-state index is 4.13. The number of fused-ring (bicyclic) bond motifs is 2.